The Hall–Kier alpha value is -3.76. The highest BCUT2D eigenvalue weighted by Crippen LogP contribution is 2.35. The SMILES string of the molecule is O=C(Nc1ccc(F)cc1)c1ccc(OC(F)(F)F)c(Nc2cccc(C(F)(F)F)c2)c1. The molecule has 0 saturated carbocycles. The minimum absolute atomic E-state index is 0.127. The van der Waals surface area contributed by atoms with Crippen molar-refractivity contribution in [3.63, 3.8) is 0 Å². The van der Waals surface area contributed by atoms with Crippen molar-refractivity contribution in [1.29, 1.82) is 0 Å². The monoisotopic (exact) mass is 458 g/mol. The van der Waals surface area contributed by atoms with Crippen LogP contribution < -0.4 is 15.4 Å². The average Bonchev–Trinajstić information content (AvgIpc) is 2.69. The van der Waals surface area contributed by atoms with Crippen molar-refractivity contribution in [2.75, 3.05) is 10.6 Å². The van der Waals surface area contributed by atoms with Crippen molar-refractivity contribution in [2.45, 2.75) is 12.5 Å². The molecule has 4 nitrogen and oxygen atoms in total. The molecule has 32 heavy (non-hydrogen) atoms. The number of carbonyl (C=O) groups is 1. The molecule has 11 heteroatoms. The minimum atomic E-state index is -5.08. The summed E-state index contributed by atoms with van der Waals surface area (Å²) >= 11 is 0. The van der Waals surface area contributed by atoms with E-state index < -0.39 is 41.3 Å². The van der Waals surface area contributed by atoms with Crippen LogP contribution in [0, 0.1) is 5.82 Å². The Bertz CT molecular complexity index is 1110. The van der Waals surface area contributed by atoms with Crippen LogP contribution in [0.2, 0.25) is 0 Å². The second kappa shape index (κ2) is 8.77. The first-order chi connectivity index (χ1) is 14.9. The number of anilines is 3. The normalized spacial score (nSPS) is 11.7. The highest BCUT2D eigenvalue weighted by atomic mass is 19.4. The van der Waals surface area contributed by atoms with E-state index in [2.05, 4.69) is 15.4 Å². The van der Waals surface area contributed by atoms with E-state index in [4.69, 9.17) is 0 Å². The molecule has 0 unspecified atom stereocenters. The Balaban J connectivity index is 1.93. The fourth-order valence-electron chi connectivity index (χ4n) is 2.65. The molecule has 0 spiro atoms. The van der Waals surface area contributed by atoms with Crippen LogP contribution >= 0.6 is 0 Å². The molecule has 0 radical (unpaired) electrons. The Morgan fingerprint density at radius 1 is 0.812 bits per heavy atom. The number of nitrogens with one attached hydrogen (secondary N) is 2. The number of alkyl halides is 6. The lowest BCUT2D eigenvalue weighted by Crippen LogP contribution is -2.18. The zero-order valence-corrected chi connectivity index (χ0v) is 15.8. The lowest BCUT2D eigenvalue weighted by Gasteiger charge is -2.17. The van der Waals surface area contributed by atoms with Crippen LogP contribution in [0.4, 0.5) is 47.8 Å². The second-order valence-electron chi connectivity index (χ2n) is 6.42. The third-order valence-electron chi connectivity index (χ3n) is 4.04. The Morgan fingerprint density at radius 2 is 1.50 bits per heavy atom. The third kappa shape index (κ3) is 6.13. The standard InChI is InChI=1S/C21H13F7N2O2/c22-14-5-7-15(8-6-14)30-19(31)12-4-9-18(32-21(26,27)28)17(10-12)29-16-3-1-2-13(11-16)20(23,24)25/h1-11,29H,(H,30,31). The van der Waals surface area contributed by atoms with Gasteiger partial charge in [0, 0.05) is 16.9 Å². The number of rotatable bonds is 5. The van der Waals surface area contributed by atoms with Crippen LogP contribution in [0.25, 0.3) is 0 Å². The van der Waals surface area contributed by atoms with Crippen LogP contribution in [0.15, 0.2) is 66.7 Å². The molecule has 2 N–H and O–H groups in total. The van der Waals surface area contributed by atoms with Gasteiger partial charge >= 0.3 is 12.5 Å². The van der Waals surface area contributed by atoms with E-state index in [9.17, 15) is 35.5 Å². The van der Waals surface area contributed by atoms with E-state index in [0.717, 1.165) is 42.5 Å². The molecule has 0 saturated heterocycles. The molecular formula is C21H13F7N2O2. The smallest absolute Gasteiger partial charge is 0.404 e. The van der Waals surface area contributed by atoms with Crippen molar-refractivity contribution in [3.05, 3.63) is 83.7 Å². The fraction of sp³-hybridized carbons (Fsp3) is 0.0952. The first-order valence-electron chi connectivity index (χ1n) is 8.82. The van der Waals surface area contributed by atoms with E-state index in [0.29, 0.717) is 6.07 Å². The fourth-order valence-corrected chi connectivity index (χ4v) is 2.65. The molecular weight excluding hydrogens is 445 g/mol. The van der Waals surface area contributed by atoms with Gasteiger partial charge in [0.25, 0.3) is 5.91 Å². The first kappa shape index (κ1) is 22.9. The summed E-state index contributed by atoms with van der Waals surface area (Å²) < 4.78 is 94.0. The maximum absolute atomic E-state index is 13.0. The van der Waals surface area contributed by atoms with Crippen LogP contribution in [-0.2, 0) is 6.18 Å². The molecule has 0 aliphatic carbocycles. The maximum Gasteiger partial charge on any atom is 0.573 e. The van der Waals surface area contributed by atoms with Gasteiger partial charge in [-0.1, -0.05) is 6.07 Å². The molecule has 0 aliphatic rings. The highest BCUT2D eigenvalue weighted by Gasteiger charge is 2.33. The van der Waals surface area contributed by atoms with Crippen LogP contribution in [0.5, 0.6) is 5.75 Å². The average molecular weight is 458 g/mol. The summed E-state index contributed by atoms with van der Waals surface area (Å²) in [5, 5.41) is 4.85. The highest BCUT2D eigenvalue weighted by molar-refractivity contribution is 6.05. The van der Waals surface area contributed by atoms with Gasteiger partial charge in [0.1, 0.15) is 5.82 Å². The van der Waals surface area contributed by atoms with E-state index >= 15 is 0 Å². The number of amides is 1. The van der Waals surface area contributed by atoms with Gasteiger partial charge in [-0.05, 0) is 60.7 Å². The van der Waals surface area contributed by atoms with Crippen molar-refractivity contribution in [2.24, 2.45) is 0 Å². The summed E-state index contributed by atoms with van der Waals surface area (Å²) in [6.07, 6.45) is -9.75. The molecule has 0 bridgehead atoms. The van der Waals surface area contributed by atoms with Crippen molar-refractivity contribution in [3.8, 4) is 5.75 Å². The number of hydrogen-bond donors (Lipinski definition) is 2. The van der Waals surface area contributed by atoms with E-state index in [1.54, 1.807) is 0 Å². The largest absolute Gasteiger partial charge is 0.573 e. The van der Waals surface area contributed by atoms with Crippen molar-refractivity contribution >= 4 is 23.0 Å². The summed E-state index contributed by atoms with van der Waals surface area (Å²) in [7, 11) is 0. The topological polar surface area (TPSA) is 50.4 Å². The van der Waals surface area contributed by atoms with Gasteiger partial charge in [-0.2, -0.15) is 13.2 Å². The molecule has 168 valence electrons. The van der Waals surface area contributed by atoms with E-state index in [1.807, 2.05) is 0 Å². The number of ether oxygens (including phenoxy) is 1. The summed E-state index contributed by atoms with van der Waals surface area (Å²) in [5.74, 6) is -2.04. The Morgan fingerprint density at radius 3 is 2.12 bits per heavy atom. The molecule has 0 atom stereocenters. The Kier molecular flexibility index (Phi) is 6.28. The van der Waals surface area contributed by atoms with Gasteiger partial charge in [0.05, 0.1) is 11.3 Å². The van der Waals surface area contributed by atoms with Crippen molar-refractivity contribution in [1.82, 2.24) is 0 Å². The van der Waals surface area contributed by atoms with Gasteiger partial charge < -0.3 is 15.4 Å². The molecule has 0 aliphatic heterocycles. The molecule has 3 rings (SSSR count). The quantitative estimate of drug-likeness (QED) is 0.417. The summed E-state index contributed by atoms with van der Waals surface area (Å²) in [6, 6.07) is 11.4. The summed E-state index contributed by atoms with van der Waals surface area (Å²) in [5.41, 5.74) is -1.50. The maximum atomic E-state index is 13.0. The number of halogens is 7. The lowest BCUT2D eigenvalue weighted by molar-refractivity contribution is -0.274. The predicted molar refractivity (Wildman–Crippen MR) is 102 cm³/mol. The minimum Gasteiger partial charge on any atom is -0.404 e. The molecule has 3 aromatic carbocycles. The zero-order valence-electron chi connectivity index (χ0n) is 15.8. The van der Waals surface area contributed by atoms with Gasteiger partial charge in [-0.25, -0.2) is 4.39 Å². The van der Waals surface area contributed by atoms with Gasteiger partial charge in [-0.3, -0.25) is 4.79 Å². The molecule has 3 aromatic rings. The van der Waals surface area contributed by atoms with Gasteiger partial charge in [0.2, 0.25) is 0 Å². The van der Waals surface area contributed by atoms with E-state index in [-0.39, 0.29) is 16.9 Å². The molecule has 1 amide bonds. The van der Waals surface area contributed by atoms with Gasteiger partial charge in [-0.15, -0.1) is 13.2 Å². The van der Waals surface area contributed by atoms with E-state index in [1.165, 1.54) is 18.2 Å². The van der Waals surface area contributed by atoms with Crippen LogP contribution in [0.1, 0.15) is 15.9 Å². The summed E-state index contributed by atoms with van der Waals surface area (Å²) in [6.45, 7) is 0. The summed E-state index contributed by atoms with van der Waals surface area (Å²) in [4.78, 5) is 12.4. The zero-order chi connectivity index (χ0) is 23.5. The van der Waals surface area contributed by atoms with Crippen molar-refractivity contribution < 1.29 is 40.3 Å². The second-order valence-corrected chi connectivity index (χ2v) is 6.42. The molecule has 0 heterocycles. The third-order valence-corrected chi connectivity index (χ3v) is 4.04. The number of hydrogen-bond acceptors (Lipinski definition) is 3. The van der Waals surface area contributed by atoms with Gasteiger partial charge in [0.15, 0.2) is 5.75 Å². The molecule has 0 fully saturated rings. The first-order valence-corrected chi connectivity index (χ1v) is 8.82. The molecule has 0 aromatic heterocycles. The van der Waals surface area contributed by atoms with Crippen LogP contribution in [-0.4, -0.2) is 12.3 Å². The number of carbonyl (C=O) groups excluding carboxylic acids is 1. The predicted octanol–water partition coefficient (Wildman–Crippen LogP) is 6.74. The van der Waals surface area contributed by atoms with Crippen LogP contribution in [0.3, 0.4) is 0 Å². The lowest BCUT2D eigenvalue weighted by atomic mass is 10.1. The Labute approximate surface area is 176 Å². The number of benzene rings is 3.